The average molecular weight is 779 g/mol. The Bertz CT molecular complexity index is 1930. The highest BCUT2D eigenvalue weighted by Crippen LogP contribution is 2.57. The Labute approximate surface area is 319 Å². The lowest BCUT2D eigenvalue weighted by Gasteiger charge is -2.48. The van der Waals surface area contributed by atoms with Gasteiger partial charge in [0, 0.05) is 11.8 Å². The van der Waals surface area contributed by atoms with Gasteiger partial charge in [0.25, 0.3) is 12.9 Å². The van der Waals surface area contributed by atoms with Gasteiger partial charge in [-0.3, -0.25) is 14.4 Å². The number of para-hydroxylation sites is 1. The predicted molar refractivity (Wildman–Crippen MR) is 184 cm³/mol. The van der Waals surface area contributed by atoms with E-state index >= 15 is 0 Å². The van der Waals surface area contributed by atoms with Crippen LogP contribution < -0.4 is 28.4 Å². The van der Waals surface area contributed by atoms with Crippen LogP contribution in [0.15, 0.2) is 54.6 Å². The van der Waals surface area contributed by atoms with Crippen LogP contribution in [0.3, 0.4) is 0 Å². The highest BCUT2D eigenvalue weighted by atomic mass is 16.8. The van der Waals surface area contributed by atoms with E-state index < -0.39 is 72.8 Å². The minimum atomic E-state index is -1.32. The zero-order valence-electron chi connectivity index (χ0n) is 30.4. The van der Waals surface area contributed by atoms with Crippen LogP contribution in [0.5, 0.6) is 34.5 Å². The van der Waals surface area contributed by atoms with Crippen LogP contribution >= 0.6 is 0 Å². The Kier molecular flexibility index (Phi) is 10.6. The van der Waals surface area contributed by atoms with Crippen molar-refractivity contribution in [1.82, 2.24) is 0 Å². The number of carbonyl (C=O) groups excluding carboxylic acids is 4. The fourth-order valence-corrected chi connectivity index (χ4v) is 8.02. The van der Waals surface area contributed by atoms with Crippen molar-refractivity contribution in [2.75, 3.05) is 40.8 Å². The first kappa shape index (κ1) is 37.3. The van der Waals surface area contributed by atoms with Gasteiger partial charge >= 0.3 is 11.9 Å². The number of carbonyl (C=O) groups is 4. The van der Waals surface area contributed by atoms with Gasteiger partial charge in [-0.15, -0.1) is 0 Å². The van der Waals surface area contributed by atoms with Gasteiger partial charge in [0.2, 0.25) is 12.5 Å². The molecule has 0 aromatic heterocycles. The number of hydrogen-bond donors (Lipinski definition) is 0. The SMILES string of the molecule is COc1cc([C@@H]2c3cc4c(cc3[C@@H](OC3OC5CO[C@@H](C)OC5C(OC=O)C3OC=O)[C@H]3COC(=O)[C@H]23)OCO4)cc(OC)c1OC(=O)COc1ccccc1. The molecule has 0 saturated carbocycles. The largest absolute Gasteiger partial charge is 0.493 e. The first-order valence-electron chi connectivity index (χ1n) is 17.8. The first-order chi connectivity index (χ1) is 27.3. The fourth-order valence-electron chi connectivity index (χ4n) is 8.02. The van der Waals surface area contributed by atoms with Gasteiger partial charge in [0.1, 0.15) is 18.0 Å². The number of hydrogen-bond acceptors (Lipinski definition) is 17. The Morgan fingerprint density at radius 3 is 2.25 bits per heavy atom. The van der Waals surface area contributed by atoms with Gasteiger partial charge in [-0.1, -0.05) is 18.2 Å². The summed E-state index contributed by atoms with van der Waals surface area (Å²) in [5.74, 6) is -1.70. The van der Waals surface area contributed by atoms with Crippen molar-refractivity contribution in [3.63, 3.8) is 0 Å². The molecule has 3 aromatic carbocycles. The monoisotopic (exact) mass is 778 g/mol. The van der Waals surface area contributed by atoms with Crippen molar-refractivity contribution in [3.05, 3.63) is 71.3 Å². The molecule has 10 atom stereocenters. The third-order valence-corrected chi connectivity index (χ3v) is 10.4. The molecule has 0 spiro atoms. The number of cyclic esters (lactones) is 1. The van der Waals surface area contributed by atoms with E-state index in [1.807, 2.05) is 6.07 Å². The van der Waals surface area contributed by atoms with Crippen LogP contribution in [0.2, 0.25) is 0 Å². The number of benzene rings is 3. The molecule has 5 aliphatic rings. The summed E-state index contributed by atoms with van der Waals surface area (Å²) in [6.45, 7) is 1.74. The van der Waals surface area contributed by atoms with Crippen LogP contribution in [0.25, 0.3) is 0 Å². The quantitative estimate of drug-likeness (QED) is 0.107. The molecule has 3 saturated heterocycles. The van der Waals surface area contributed by atoms with Crippen LogP contribution in [0.1, 0.15) is 35.6 Å². The molecular formula is C39H38O17. The van der Waals surface area contributed by atoms with Crippen molar-refractivity contribution in [1.29, 1.82) is 0 Å². The molecule has 0 radical (unpaired) electrons. The van der Waals surface area contributed by atoms with E-state index in [1.54, 1.807) is 55.5 Å². The molecule has 296 valence electrons. The predicted octanol–water partition coefficient (Wildman–Crippen LogP) is 2.98. The molecule has 17 nitrogen and oxygen atoms in total. The van der Waals surface area contributed by atoms with Gasteiger partial charge in [0.05, 0.1) is 39.5 Å². The van der Waals surface area contributed by atoms with Crippen LogP contribution in [0, 0.1) is 11.8 Å². The second-order valence-electron chi connectivity index (χ2n) is 13.5. The highest BCUT2D eigenvalue weighted by molar-refractivity contribution is 5.80. The molecule has 5 unspecified atom stereocenters. The molecule has 0 N–H and O–H groups in total. The van der Waals surface area contributed by atoms with Crippen molar-refractivity contribution in [2.45, 2.75) is 55.9 Å². The summed E-state index contributed by atoms with van der Waals surface area (Å²) in [6, 6.07) is 15.7. The molecule has 0 amide bonds. The number of fused-ring (bicyclic) bond motifs is 4. The van der Waals surface area contributed by atoms with Crippen LogP contribution in [-0.2, 0) is 52.3 Å². The first-order valence-corrected chi connectivity index (χ1v) is 17.8. The maximum Gasteiger partial charge on any atom is 0.349 e. The second-order valence-corrected chi connectivity index (χ2v) is 13.5. The summed E-state index contributed by atoms with van der Waals surface area (Å²) < 4.78 is 75.4. The summed E-state index contributed by atoms with van der Waals surface area (Å²) in [5, 5.41) is 0. The Hall–Kier alpha value is -5.62. The zero-order chi connectivity index (χ0) is 38.9. The molecule has 8 rings (SSSR count). The maximum absolute atomic E-state index is 13.8. The molecular weight excluding hydrogens is 740 g/mol. The standard InChI is InChI=1S/C39H38O17/c1-19-46-14-29-35(53-19)36(49-16-40)37(50-17-41)39(54-29)56-33-23-12-26-25(51-18-52-26)11-22(23)31(32-24(33)13-48-38(32)43)20-9-27(44-2)34(28(10-20)45-3)55-30(42)15-47-21-7-5-4-6-8-21/h4-12,16-17,19,24,29,31-33,35-37,39H,13-15,18H2,1-3H3/t19-,24+,29?,31-,32+,33-,35?,36?,37?,39?/m1/s1. The van der Waals surface area contributed by atoms with E-state index in [0.29, 0.717) is 33.9 Å². The molecule has 3 fully saturated rings. The van der Waals surface area contributed by atoms with Crippen molar-refractivity contribution < 1.29 is 80.8 Å². The van der Waals surface area contributed by atoms with Crippen molar-refractivity contribution in [2.24, 2.45) is 11.8 Å². The Morgan fingerprint density at radius 2 is 1.55 bits per heavy atom. The third kappa shape index (κ3) is 6.91. The normalized spacial score (nSPS) is 29.7. The van der Waals surface area contributed by atoms with E-state index in [9.17, 15) is 19.2 Å². The third-order valence-electron chi connectivity index (χ3n) is 10.4. The topological polar surface area (TPSA) is 188 Å². The smallest absolute Gasteiger partial charge is 0.349 e. The average Bonchev–Trinajstić information content (AvgIpc) is 3.84. The van der Waals surface area contributed by atoms with E-state index in [2.05, 4.69) is 0 Å². The van der Waals surface area contributed by atoms with Gasteiger partial charge in [-0.2, -0.15) is 0 Å². The summed E-state index contributed by atoms with van der Waals surface area (Å²) in [5.41, 5.74) is 1.78. The lowest BCUT2D eigenvalue weighted by molar-refractivity contribution is -0.363. The molecule has 17 heteroatoms. The summed E-state index contributed by atoms with van der Waals surface area (Å²) in [4.78, 5) is 50.3. The van der Waals surface area contributed by atoms with Crippen LogP contribution in [0.4, 0.5) is 0 Å². The highest BCUT2D eigenvalue weighted by Gasteiger charge is 2.57. The Morgan fingerprint density at radius 1 is 0.857 bits per heavy atom. The van der Waals surface area contributed by atoms with Gasteiger partial charge < -0.3 is 61.6 Å². The maximum atomic E-state index is 13.8. The van der Waals surface area contributed by atoms with Gasteiger partial charge in [-0.05, 0) is 60.0 Å². The molecule has 4 heterocycles. The molecule has 0 bridgehead atoms. The molecule has 1 aliphatic carbocycles. The number of ether oxygens (including phenoxy) is 13. The van der Waals surface area contributed by atoms with Crippen LogP contribution in [-0.4, -0.2) is 103 Å². The summed E-state index contributed by atoms with van der Waals surface area (Å²) in [6.07, 6.45) is -6.86. The van der Waals surface area contributed by atoms with E-state index in [-0.39, 0.29) is 56.8 Å². The minimum absolute atomic E-state index is 0.0139. The van der Waals surface area contributed by atoms with Gasteiger partial charge in [0.15, 0.2) is 54.4 Å². The minimum Gasteiger partial charge on any atom is -0.493 e. The Balaban J connectivity index is 1.16. The number of rotatable bonds is 13. The fraction of sp³-hybridized carbons (Fsp3) is 0.436. The van der Waals surface area contributed by atoms with E-state index in [4.69, 9.17) is 61.6 Å². The second kappa shape index (κ2) is 15.9. The molecule has 3 aromatic rings. The van der Waals surface area contributed by atoms with Crippen molar-refractivity contribution >= 4 is 24.9 Å². The lowest BCUT2D eigenvalue weighted by Crippen LogP contribution is -2.64. The number of methoxy groups -OCH3 is 2. The van der Waals surface area contributed by atoms with E-state index in [1.165, 1.54) is 14.2 Å². The number of esters is 2. The zero-order valence-corrected chi connectivity index (χ0v) is 30.4. The van der Waals surface area contributed by atoms with Gasteiger partial charge in [-0.25, -0.2) is 4.79 Å². The summed E-state index contributed by atoms with van der Waals surface area (Å²) >= 11 is 0. The van der Waals surface area contributed by atoms with Crippen molar-refractivity contribution in [3.8, 4) is 34.5 Å². The molecule has 56 heavy (non-hydrogen) atoms. The lowest BCUT2D eigenvalue weighted by atomic mass is 9.66. The summed E-state index contributed by atoms with van der Waals surface area (Å²) in [7, 11) is 2.83. The molecule has 4 aliphatic heterocycles. The van der Waals surface area contributed by atoms with E-state index in [0.717, 1.165) is 0 Å².